The monoisotopic (exact) mass is 615 g/mol. The molecule has 1 aliphatic heterocycles. The van der Waals surface area contributed by atoms with Gasteiger partial charge in [-0.1, -0.05) is 48.5 Å². The number of rotatable bonds is 11. The van der Waals surface area contributed by atoms with Gasteiger partial charge in [0.1, 0.15) is 23.9 Å². The van der Waals surface area contributed by atoms with Crippen molar-refractivity contribution in [2.24, 2.45) is 22.2 Å². The summed E-state index contributed by atoms with van der Waals surface area (Å²) in [6.07, 6.45) is 3.37. The lowest BCUT2D eigenvalue weighted by atomic mass is 9.84. The lowest BCUT2D eigenvalue weighted by Crippen LogP contribution is -2.46. The lowest BCUT2D eigenvalue weighted by molar-refractivity contribution is -0.173. The number of phenols is 2. The summed E-state index contributed by atoms with van der Waals surface area (Å²) in [4.78, 5) is 34.9. The van der Waals surface area contributed by atoms with Crippen LogP contribution in [0.2, 0.25) is 0 Å². The molecule has 1 saturated heterocycles. The zero-order chi connectivity index (χ0) is 33.6. The zero-order valence-electron chi connectivity index (χ0n) is 28.0. The molecule has 1 amide bonds. The van der Waals surface area contributed by atoms with Crippen LogP contribution in [0.4, 0.5) is 5.69 Å². The number of carbonyl (C=O) groups is 3. The number of anilines is 1. The third-order valence-electron chi connectivity index (χ3n) is 8.21. The van der Waals surface area contributed by atoms with Crippen LogP contribution >= 0.6 is 0 Å². The highest BCUT2D eigenvalue weighted by atomic mass is 16.5. The third kappa shape index (κ3) is 12.6. The molecule has 0 bridgehead atoms. The van der Waals surface area contributed by atoms with Crippen LogP contribution in [0.15, 0.2) is 48.5 Å². The standard InChI is InChI=1S/C12H17NO2.C12H16O3.C11H20O3/c1-4-12(2,3)11(15)13-9-5-7-10(14)8-6-9;1-4-12(2,3)11(14)15-10-7-5-9(13)6-8-10;1-4-9(3)10(12)14-8-11(5-2)6-13-7-11/h5-8,14H,4H2,1-3H3,(H,13,15);5-8,13H,4H2,1-3H3;9H,4-8H2,1-3H3. The van der Waals surface area contributed by atoms with Crippen LogP contribution in [0, 0.1) is 22.2 Å². The van der Waals surface area contributed by atoms with Gasteiger partial charge >= 0.3 is 11.9 Å². The van der Waals surface area contributed by atoms with Crippen molar-refractivity contribution in [2.75, 3.05) is 25.1 Å². The maximum absolute atomic E-state index is 11.8. The van der Waals surface area contributed by atoms with Gasteiger partial charge in [0.15, 0.2) is 0 Å². The van der Waals surface area contributed by atoms with Gasteiger partial charge in [0, 0.05) is 11.1 Å². The van der Waals surface area contributed by atoms with Gasteiger partial charge in [-0.05, 0) is 88.1 Å². The van der Waals surface area contributed by atoms with Crippen molar-refractivity contribution >= 4 is 23.5 Å². The van der Waals surface area contributed by atoms with Gasteiger partial charge < -0.3 is 29.7 Å². The fourth-order valence-electron chi connectivity index (χ4n) is 3.22. The van der Waals surface area contributed by atoms with E-state index in [-0.39, 0.29) is 46.1 Å². The molecule has 3 N–H and O–H groups in total. The van der Waals surface area contributed by atoms with E-state index >= 15 is 0 Å². The Kier molecular flexibility index (Phi) is 15.4. The Balaban J connectivity index is 0.000000330. The Morgan fingerprint density at radius 2 is 1.36 bits per heavy atom. The number of benzene rings is 2. The average molecular weight is 616 g/mol. The summed E-state index contributed by atoms with van der Waals surface area (Å²) in [7, 11) is 0. The molecule has 0 aromatic heterocycles. The predicted molar refractivity (Wildman–Crippen MR) is 173 cm³/mol. The Hall–Kier alpha value is -3.59. The van der Waals surface area contributed by atoms with E-state index in [0.717, 1.165) is 38.9 Å². The third-order valence-corrected chi connectivity index (χ3v) is 8.21. The summed E-state index contributed by atoms with van der Waals surface area (Å²) in [5.41, 5.74) is -0.0156. The number of amides is 1. The fourth-order valence-corrected chi connectivity index (χ4v) is 3.22. The molecule has 246 valence electrons. The number of aromatic hydroxyl groups is 2. The van der Waals surface area contributed by atoms with Crippen molar-refractivity contribution in [2.45, 2.75) is 88.0 Å². The van der Waals surface area contributed by atoms with E-state index in [2.05, 4.69) is 12.2 Å². The molecule has 0 saturated carbocycles. The Morgan fingerprint density at radius 1 is 0.864 bits per heavy atom. The second-order valence-corrected chi connectivity index (χ2v) is 12.6. The summed E-state index contributed by atoms with van der Waals surface area (Å²) in [5.74, 6) is 0.495. The molecule has 1 aliphatic rings. The van der Waals surface area contributed by atoms with Crippen LogP contribution in [0.25, 0.3) is 0 Å². The molecule has 2 aromatic carbocycles. The predicted octanol–water partition coefficient (Wildman–Crippen LogP) is 7.50. The van der Waals surface area contributed by atoms with Gasteiger partial charge in [-0.25, -0.2) is 0 Å². The molecule has 1 unspecified atom stereocenters. The number of hydrogen-bond acceptors (Lipinski definition) is 8. The van der Waals surface area contributed by atoms with E-state index in [4.69, 9.17) is 24.4 Å². The quantitative estimate of drug-likeness (QED) is 0.135. The van der Waals surface area contributed by atoms with Gasteiger partial charge in [-0.15, -0.1) is 0 Å². The molecule has 44 heavy (non-hydrogen) atoms. The molecular formula is C35H53NO8. The van der Waals surface area contributed by atoms with Gasteiger partial charge in [0.25, 0.3) is 0 Å². The number of esters is 2. The molecule has 3 rings (SSSR count). The lowest BCUT2D eigenvalue weighted by Gasteiger charge is -2.40. The Bertz CT molecular complexity index is 1090. The van der Waals surface area contributed by atoms with Crippen molar-refractivity contribution in [3.63, 3.8) is 0 Å². The molecule has 9 nitrogen and oxygen atoms in total. The number of carbonyl (C=O) groups excluding carboxylic acids is 3. The van der Waals surface area contributed by atoms with Crippen molar-refractivity contribution in [3.8, 4) is 17.2 Å². The highest BCUT2D eigenvalue weighted by molar-refractivity contribution is 5.94. The summed E-state index contributed by atoms with van der Waals surface area (Å²) < 4.78 is 15.6. The molecule has 1 heterocycles. The second-order valence-electron chi connectivity index (χ2n) is 12.6. The van der Waals surface area contributed by atoms with Crippen LogP contribution < -0.4 is 10.1 Å². The van der Waals surface area contributed by atoms with Crippen molar-refractivity contribution < 1.29 is 38.8 Å². The first-order valence-corrected chi connectivity index (χ1v) is 15.4. The molecule has 0 radical (unpaired) electrons. The average Bonchev–Trinajstić information content (AvgIpc) is 2.99. The van der Waals surface area contributed by atoms with Crippen molar-refractivity contribution in [3.05, 3.63) is 48.5 Å². The SMILES string of the molecule is CCC(C)(C)C(=O)Nc1ccc(O)cc1.CCC(C)(C)C(=O)Oc1ccc(O)cc1.CCC(C)C(=O)OCC1(CC)COC1. The largest absolute Gasteiger partial charge is 0.508 e. The highest BCUT2D eigenvalue weighted by Gasteiger charge is 2.38. The first-order valence-electron chi connectivity index (χ1n) is 15.4. The van der Waals surface area contributed by atoms with Crippen LogP contribution in [-0.2, 0) is 23.9 Å². The van der Waals surface area contributed by atoms with Crippen molar-refractivity contribution in [1.29, 1.82) is 0 Å². The Morgan fingerprint density at radius 3 is 1.77 bits per heavy atom. The van der Waals surface area contributed by atoms with Crippen LogP contribution in [0.3, 0.4) is 0 Å². The minimum atomic E-state index is -0.474. The number of hydrogen-bond donors (Lipinski definition) is 3. The van der Waals surface area contributed by atoms with E-state index in [9.17, 15) is 14.4 Å². The number of phenolic OH excluding ortho intramolecular Hbond substituents is 2. The Labute approximate surface area is 263 Å². The van der Waals surface area contributed by atoms with E-state index < -0.39 is 5.41 Å². The van der Waals surface area contributed by atoms with Crippen LogP contribution in [-0.4, -0.2) is 47.9 Å². The maximum Gasteiger partial charge on any atom is 0.316 e. The molecular weight excluding hydrogens is 562 g/mol. The van der Waals surface area contributed by atoms with Crippen LogP contribution in [0.5, 0.6) is 17.2 Å². The first kappa shape index (κ1) is 38.4. The molecule has 1 atom stereocenters. The second kappa shape index (κ2) is 17.6. The topological polar surface area (TPSA) is 131 Å². The molecule has 2 aromatic rings. The molecule has 0 spiro atoms. The van der Waals surface area contributed by atoms with Crippen molar-refractivity contribution in [1.82, 2.24) is 0 Å². The normalized spacial score (nSPS) is 14.3. The first-order chi connectivity index (χ1) is 20.5. The molecule has 9 heteroatoms. The summed E-state index contributed by atoms with van der Waals surface area (Å²) in [5, 5.41) is 21.0. The van der Waals surface area contributed by atoms with Gasteiger partial charge in [0.05, 0.1) is 30.0 Å². The molecule has 1 fully saturated rings. The van der Waals surface area contributed by atoms with E-state index in [0.29, 0.717) is 18.0 Å². The minimum Gasteiger partial charge on any atom is -0.508 e. The van der Waals surface area contributed by atoms with E-state index in [1.807, 2.05) is 55.4 Å². The summed E-state index contributed by atoms with van der Waals surface area (Å²) in [6.45, 7) is 19.4. The smallest absolute Gasteiger partial charge is 0.316 e. The minimum absolute atomic E-state index is 0.00399. The van der Waals surface area contributed by atoms with Crippen LogP contribution in [0.1, 0.15) is 88.0 Å². The highest BCUT2D eigenvalue weighted by Crippen LogP contribution is 2.31. The number of ether oxygens (including phenoxy) is 3. The maximum atomic E-state index is 11.8. The van der Waals surface area contributed by atoms with Gasteiger partial charge in [-0.2, -0.15) is 0 Å². The summed E-state index contributed by atoms with van der Waals surface area (Å²) in [6, 6.07) is 12.6. The van der Waals surface area contributed by atoms with Gasteiger partial charge in [0.2, 0.25) is 5.91 Å². The zero-order valence-corrected chi connectivity index (χ0v) is 28.0. The van der Waals surface area contributed by atoms with Gasteiger partial charge in [-0.3, -0.25) is 14.4 Å². The fraction of sp³-hybridized carbons (Fsp3) is 0.571. The summed E-state index contributed by atoms with van der Waals surface area (Å²) >= 11 is 0. The van der Waals surface area contributed by atoms with E-state index in [1.165, 1.54) is 12.1 Å². The molecule has 0 aliphatic carbocycles. The van der Waals surface area contributed by atoms with E-state index in [1.54, 1.807) is 36.4 Å². The number of nitrogens with one attached hydrogen (secondary N) is 1.